The Balaban J connectivity index is 1.75. The molecule has 2 N–H and O–H groups in total. The molecule has 0 amide bonds. The molecule has 0 fully saturated rings. The molecule has 154 valence electrons. The van der Waals surface area contributed by atoms with Gasteiger partial charge in [0.05, 0.1) is 31.4 Å². The van der Waals surface area contributed by atoms with E-state index in [0.717, 1.165) is 6.20 Å². The van der Waals surface area contributed by atoms with Crippen molar-refractivity contribution in [3.63, 3.8) is 0 Å². The normalized spacial score (nSPS) is 11.6. The van der Waals surface area contributed by atoms with Crippen LogP contribution in [0.2, 0.25) is 0 Å². The zero-order valence-corrected chi connectivity index (χ0v) is 15.9. The Morgan fingerprint density at radius 1 is 1.13 bits per heavy atom. The molecule has 2 aromatic carbocycles. The lowest BCUT2D eigenvalue weighted by atomic mass is 10.0. The maximum absolute atomic E-state index is 14.1. The Hall–Kier alpha value is -3.78. The van der Waals surface area contributed by atoms with Gasteiger partial charge in [-0.25, -0.2) is 14.2 Å². The third-order valence-electron chi connectivity index (χ3n) is 4.29. The number of carboxylic acid groups (broad SMARTS) is 1. The predicted octanol–water partition coefficient (Wildman–Crippen LogP) is 3.62. The number of ether oxygens (including phenoxy) is 2. The van der Waals surface area contributed by atoms with E-state index >= 15 is 0 Å². The monoisotopic (exact) mass is 411 g/mol. The predicted molar refractivity (Wildman–Crippen MR) is 105 cm³/mol. The summed E-state index contributed by atoms with van der Waals surface area (Å²) in [5.74, 6) is -1.90. The van der Waals surface area contributed by atoms with Crippen molar-refractivity contribution in [3.8, 4) is 22.8 Å². The molecule has 0 spiro atoms. The van der Waals surface area contributed by atoms with Crippen molar-refractivity contribution in [2.45, 2.75) is 12.5 Å². The van der Waals surface area contributed by atoms with Gasteiger partial charge in [-0.3, -0.25) is 4.79 Å². The summed E-state index contributed by atoms with van der Waals surface area (Å²) in [5.41, 5.74) is 1.36. The van der Waals surface area contributed by atoms with Crippen molar-refractivity contribution in [1.82, 2.24) is 4.98 Å². The molecule has 1 atom stereocenters. The summed E-state index contributed by atoms with van der Waals surface area (Å²) >= 11 is 0. The van der Waals surface area contributed by atoms with Gasteiger partial charge in [-0.05, 0) is 35.4 Å². The Kier molecular flexibility index (Phi) is 6.38. The number of aliphatic hydroxyl groups excluding tert-OH is 1. The second-order valence-corrected chi connectivity index (χ2v) is 6.36. The van der Waals surface area contributed by atoms with Gasteiger partial charge in [0.25, 0.3) is 0 Å². The van der Waals surface area contributed by atoms with Crippen LogP contribution >= 0.6 is 0 Å². The summed E-state index contributed by atoms with van der Waals surface area (Å²) in [6, 6.07) is 13.6. The number of rotatable bonds is 7. The Labute approximate surface area is 171 Å². The fourth-order valence-electron chi connectivity index (χ4n) is 2.77. The topological polar surface area (TPSA) is 106 Å². The first-order valence-corrected chi connectivity index (χ1v) is 8.89. The molecule has 0 bridgehead atoms. The van der Waals surface area contributed by atoms with E-state index in [1.54, 1.807) is 18.2 Å². The van der Waals surface area contributed by atoms with Gasteiger partial charge in [-0.2, -0.15) is 0 Å². The molecule has 30 heavy (non-hydrogen) atoms. The van der Waals surface area contributed by atoms with Crippen LogP contribution in [0.1, 0.15) is 28.4 Å². The second kappa shape index (κ2) is 9.15. The molecule has 1 aromatic heterocycles. The number of halogens is 1. The van der Waals surface area contributed by atoms with E-state index in [1.165, 1.54) is 43.5 Å². The molecule has 0 saturated carbocycles. The van der Waals surface area contributed by atoms with Gasteiger partial charge in [0.2, 0.25) is 5.88 Å². The number of benzene rings is 2. The van der Waals surface area contributed by atoms with Gasteiger partial charge in [0, 0.05) is 11.6 Å². The average Bonchev–Trinajstić information content (AvgIpc) is 2.74. The summed E-state index contributed by atoms with van der Waals surface area (Å²) in [7, 11) is 1.43. The number of aliphatic hydroxyl groups is 1. The number of nitrogens with zero attached hydrogens (tertiary/aromatic N) is 1. The maximum atomic E-state index is 14.1. The Bertz CT molecular complexity index is 1070. The van der Waals surface area contributed by atoms with Crippen molar-refractivity contribution in [2.24, 2.45) is 0 Å². The van der Waals surface area contributed by atoms with E-state index in [2.05, 4.69) is 4.98 Å². The van der Waals surface area contributed by atoms with Crippen LogP contribution in [0.5, 0.6) is 11.6 Å². The number of esters is 1. The number of carbonyl (C=O) groups is 2. The highest BCUT2D eigenvalue weighted by molar-refractivity contribution is 5.91. The van der Waals surface area contributed by atoms with E-state index < -0.39 is 30.3 Å². The van der Waals surface area contributed by atoms with Crippen LogP contribution in [0.15, 0.2) is 60.8 Å². The summed E-state index contributed by atoms with van der Waals surface area (Å²) < 4.78 is 24.4. The smallest absolute Gasteiger partial charge is 0.343 e. The second-order valence-electron chi connectivity index (χ2n) is 6.36. The number of aromatic nitrogens is 1. The van der Waals surface area contributed by atoms with Crippen LogP contribution in [0.4, 0.5) is 4.39 Å². The quantitative estimate of drug-likeness (QED) is 0.452. The minimum Gasteiger partial charge on any atom is -0.481 e. The SMILES string of the molecule is COc1cc(-c2ccc(C(=O)Oc3cccc([C@H](O)CC(=O)O)c3)cc2)c(F)cn1. The van der Waals surface area contributed by atoms with E-state index in [0.29, 0.717) is 11.1 Å². The van der Waals surface area contributed by atoms with Crippen LogP contribution in [0.25, 0.3) is 11.1 Å². The fourth-order valence-corrected chi connectivity index (χ4v) is 2.77. The summed E-state index contributed by atoms with van der Waals surface area (Å²) in [4.78, 5) is 26.9. The van der Waals surface area contributed by atoms with Crippen molar-refractivity contribution in [3.05, 3.63) is 77.7 Å². The van der Waals surface area contributed by atoms with Crippen LogP contribution in [-0.2, 0) is 4.79 Å². The summed E-state index contributed by atoms with van der Waals surface area (Å²) in [6.07, 6.45) is -0.621. The summed E-state index contributed by atoms with van der Waals surface area (Å²) in [5, 5.41) is 18.7. The number of pyridine rings is 1. The highest BCUT2D eigenvalue weighted by Gasteiger charge is 2.15. The first-order chi connectivity index (χ1) is 14.4. The van der Waals surface area contributed by atoms with Crippen LogP contribution in [0.3, 0.4) is 0 Å². The molecular weight excluding hydrogens is 393 g/mol. The van der Waals surface area contributed by atoms with Crippen molar-refractivity contribution >= 4 is 11.9 Å². The largest absolute Gasteiger partial charge is 0.481 e. The van der Waals surface area contributed by atoms with Gasteiger partial charge in [-0.15, -0.1) is 0 Å². The number of hydrogen-bond donors (Lipinski definition) is 2. The average molecular weight is 411 g/mol. The van der Waals surface area contributed by atoms with Gasteiger partial charge in [-0.1, -0.05) is 24.3 Å². The lowest BCUT2D eigenvalue weighted by Crippen LogP contribution is -2.09. The standard InChI is InChI=1S/C22H18FNO6/c1-29-20-10-17(18(23)12-24-20)13-5-7-14(8-6-13)22(28)30-16-4-2-3-15(9-16)19(25)11-21(26)27/h2-10,12,19,25H,11H2,1H3,(H,26,27)/t19-/m1/s1. The third kappa shape index (κ3) is 4.98. The molecule has 3 aromatic rings. The molecule has 8 heteroatoms. The van der Waals surface area contributed by atoms with Crippen molar-refractivity contribution in [2.75, 3.05) is 7.11 Å². The van der Waals surface area contributed by atoms with Gasteiger partial charge in [0.15, 0.2) is 0 Å². The molecule has 0 radical (unpaired) electrons. The Morgan fingerprint density at radius 2 is 1.87 bits per heavy atom. The minimum absolute atomic E-state index is 0.163. The van der Waals surface area contributed by atoms with Crippen LogP contribution < -0.4 is 9.47 Å². The molecular formula is C22H18FNO6. The fraction of sp³-hybridized carbons (Fsp3) is 0.136. The number of carboxylic acids is 1. The van der Waals surface area contributed by atoms with Gasteiger partial charge >= 0.3 is 11.9 Å². The number of methoxy groups -OCH3 is 1. The molecule has 7 nitrogen and oxygen atoms in total. The molecule has 0 aliphatic rings. The number of carbonyl (C=O) groups excluding carboxylic acids is 1. The highest BCUT2D eigenvalue weighted by atomic mass is 19.1. The lowest BCUT2D eigenvalue weighted by Gasteiger charge is -2.11. The van der Waals surface area contributed by atoms with Crippen LogP contribution in [-0.4, -0.2) is 34.2 Å². The molecule has 0 unspecified atom stereocenters. The first-order valence-electron chi connectivity index (χ1n) is 8.89. The molecule has 0 saturated heterocycles. The van der Waals surface area contributed by atoms with E-state index in [-0.39, 0.29) is 22.8 Å². The van der Waals surface area contributed by atoms with E-state index in [4.69, 9.17) is 14.6 Å². The van der Waals surface area contributed by atoms with Crippen molar-refractivity contribution in [1.29, 1.82) is 0 Å². The van der Waals surface area contributed by atoms with E-state index in [9.17, 15) is 19.1 Å². The zero-order valence-electron chi connectivity index (χ0n) is 15.9. The van der Waals surface area contributed by atoms with Gasteiger partial charge in [0.1, 0.15) is 11.6 Å². The number of aliphatic carboxylic acids is 1. The molecule has 0 aliphatic carbocycles. The zero-order chi connectivity index (χ0) is 21.7. The third-order valence-corrected chi connectivity index (χ3v) is 4.29. The molecule has 1 heterocycles. The maximum Gasteiger partial charge on any atom is 0.343 e. The highest BCUT2D eigenvalue weighted by Crippen LogP contribution is 2.26. The molecule has 3 rings (SSSR count). The van der Waals surface area contributed by atoms with Crippen molar-refractivity contribution < 1.29 is 33.7 Å². The van der Waals surface area contributed by atoms with Gasteiger partial charge < -0.3 is 19.7 Å². The minimum atomic E-state index is -1.22. The van der Waals surface area contributed by atoms with Crippen LogP contribution in [0, 0.1) is 5.82 Å². The summed E-state index contributed by atoms with van der Waals surface area (Å²) in [6.45, 7) is 0. The lowest BCUT2D eigenvalue weighted by molar-refractivity contribution is -0.139. The number of hydrogen-bond acceptors (Lipinski definition) is 6. The van der Waals surface area contributed by atoms with E-state index in [1.807, 2.05) is 0 Å². The Morgan fingerprint density at radius 3 is 2.53 bits per heavy atom. The first kappa shape index (κ1) is 20.9. The molecule has 0 aliphatic heterocycles.